The van der Waals surface area contributed by atoms with Crippen molar-refractivity contribution in [2.24, 2.45) is 0 Å². The Hall–Kier alpha value is -2.25. The molecular formula is C19H21ClN2O4S. The van der Waals surface area contributed by atoms with Crippen LogP contribution in [0, 0.1) is 0 Å². The van der Waals surface area contributed by atoms with E-state index in [1.54, 1.807) is 57.2 Å². The minimum Gasteiger partial charge on any atom is -0.461 e. The number of H-pyrrole nitrogens is 1. The monoisotopic (exact) mass is 408 g/mol. The maximum Gasteiger partial charge on any atom is 0.354 e. The van der Waals surface area contributed by atoms with Crippen molar-refractivity contribution in [3.8, 4) is 0 Å². The molecule has 3 rings (SSSR count). The van der Waals surface area contributed by atoms with Crippen molar-refractivity contribution in [2.45, 2.75) is 31.9 Å². The second kappa shape index (κ2) is 7.05. The Balaban J connectivity index is 1.92. The summed E-state index contributed by atoms with van der Waals surface area (Å²) in [4.78, 5) is 14.8. The second-order valence-corrected chi connectivity index (χ2v) is 9.14. The number of carbonyl (C=O) groups excluding carboxylic acids is 1. The van der Waals surface area contributed by atoms with Gasteiger partial charge in [0.25, 0.3) is 0 Å². The molecule has 1 aromatic heterocycles. The topological polar surface area (TPSA) is 88.3 Å². The highest BCUT2D eigenvalue weighted by atomic mass is 35.5. The number of nitrogens with one attached hydrogen (secondary N) is 2. The van der Waals surface area contributed by atoms with Gasteiger partial charge in [0.1, 0.15) is 10.4 Å². The van der Waals surface area contributed by atoms with Crippen molar-refractivity contribution in [1.82, 2.24) is 4.98 Å². The number of ether oxygens (including phenoxy) is 1. The molecule has 8 heteroatoms. The number of aromatic amines is 1. The third kappa shape index (κ3) is 3.49. The summed E-state index contributed by atoms with van der Waals surface area (Å²) in [7, 11) is -3.75. The highest BCUT2D eigenvalue weighted by molar-refractivity contribution is 7.94. The number of fused-ring (bicyclic) bond motifs is 1. The lowest BCUT2D eigenvalue weighted by Gasteiger charge is -2.32. The van der Waals surface area contributed by atoms with Crippen LogP contribution in [0.3, 0.4) is 0 Å². The van der Waals surface area contributed by atoms with Gasteiger partial charge in [-0.2, -0.15) is 0 Å². The lowest BCUT2D eigenvalue weighted by Crippen LogP contribution is -2.41. The van der Waals surface area contributed by atoms with Crippen LogP contribution in [0.4, 0.5) is 5.69 Å². The molecule has 1 aliphatic rings. The third-order valence-corrected chi connectivity index (χ3v) is 7.46. The molecule has 144 valence electrons. The third-order valence-electron chi connectivity index (χ3n) is 4.88. The zero-order valence-electron chi connectivity index (χ0n) is 15.3. The zero-order chi connectivity index (χ0) is 19.8. The zero-order valence-corrected chi connectivity index (χ0v) is 16.9. The van der Waals surface area contributed by atoms with Crippen LogP contribution in [0.1, 0.15) is 37.7 Å². The standard InChI is InChI=1S/C19H21ClN2O4S/c1-4-26-18(23)17-11-13-10-14(7-8-16(13)21-17)22-27(24,25)19(3)9-5-6-15(20)12(19)2/h5-8,10-11,21-22H,4,9H2,1-3H3. The summed E-state index contributed by atoms with van der Waals surface area (Å²) in [6, 6.07) is 6.68. The fraction of sp³-hybridized carbons (Fsp3) is 0.316. The number of sulfonamides is 1. The maximum atomic E-state index is 13.0. The van der Waals surface area contributed by atoms with Crippen molar-refractivity contribution in [2.75, 3.05) is 11.3 Å². The number of benzene rings is 1. The van der Waals surface area contributed by atoms with Crippen molar-refractivity contribution < 1.29 is 17.9 Å². The number of halogens is 1. The fourth-order valence-corrected chi connectivity index (χ4v) is 4.86. The summed E-state index contributed by atoms with van der Waals surface area (Å²) < 4.78 is 32.6. The number of carbonyl (C=O) groups is 1. The predicted octanol–water partition coefficient (Wildman–Crippen LogP) is 4.32. The van der Waals surface area contributed by atoms with Gasteiger partial charge in [-0.05, 0) is 63.1 Å². The van der Waals surface area contributed by atoms with Gasteiger partial charge >= 0.3 is 5.97 Å². The number of rotatable bonds is 5. The first-order valence-electron chi connectivity index (χ1n) is 8.53. The van der Waals surface area contributed by atoms with E-state index in [1.165, 1.54) is 0 Å². The summed E-state index contributed by atoms with van der Waals surface area (Å²) >= 11 is 6.15. The average Bonchev–Trinajstić information content (AvgIpc) is 3.03. The van der Waals surface area contributed by atoms with Crippen LogP contribution in [0.5, 0.6) is 0 Å². The van der Waals surface area contributed by atoms with Crippen LogP contribution in [-0.2, 0) is 14.8 Å². The number of hydrogen-bond donors (Lipinski definition) is 2. The Morgan fingerprint density at radius 1 is 1.37 bits per heavy atom. The Morgan fingerprint density at radius 3 is 2.81 bits per heavy atom. The van der Waals surface area contributed by atoms with E-state index in [0.29, 0.717) is 39.3 Å². The van der Waals surface area contributed by atoms with E-state index in [1.807, 2.05) is 0 Å². The molecule has 0 fully saturated rings. The Bertz CT molecular complexity index is 1070. The molecule has 2 aromatic rings. The predicted molar refractivity (Wildman–Crippen MR) is 108 cm³/mol. The highest BCUT2D eigenvalue weighted by Gasteiger charge is 2.42. The average molecular weight is 409 g/mol. The molecule has 0 saturated heterocycles. The van der Waals surface area contributed by atoms with E-state index in [0.717, 1.165) is 0 Å². The quantitative estimate of drug-likeness (QED) is 0.721. The first-order chi connectivity index (χ1) is 12.7. The van der Waals surface area contributed by atoms with Gasteiger partial charge in [0.15, 0.2) is 0 Å². The van der Waals surface area contributed by atoms with Gasteiger partial charge in [0.05, 0.1) is 6.61 Å². The van der Waals surface area contributed by atoms with Gasteiger partial charge in [-0.15, -0.1) is 0 Å². The van der Waals surface area contributed by atoms with Gasteiger partial charge in [-0.25, -0.2) is 13.2 Å². The largest absolute Gasteiger partial charge is 0.461 e. The van der Waals surface area contributed by atoms with Gasteiger partial charge in [-0.3, -0.25) is 4.72 Å². The summed E-state index contributed by atoms with van der Waals surface area (Å²) in [5.41, 5.74) is 2.05. The molecule has 0 bridgehead atoms. The molecule has 6 nitrogen and oxygen atoms in total. The molecule has 1 unspecified atom stereocenters. The summed E-state index contributed by atoms with van der Waals surface area (Å²) in [6.07, 6.45) is 3.82. The van der Waals surface area contributed by atoms with Crippen LogP contribution in [0.25, 0.3) is 10.9 Å². The molecule has 0 spiro atoms. The molecule has 0 amide bonds. The van der Waals surface area contributed by atoms with E-state index in [4.69, 9.17) is 16.3 Å². The fourth-order valence-electron chi connectivity index (χ4n) is 3.01. The number of allylic oxidation sites excluding steroid dienone is 3. The summed E-state index contributed by atoms with van der Waals surface area (Å²) in [6.45, 7) is 5.40. The normalized spacial score (nSPS) is 20.1. The molecule has 2 N–H and O–H groups in total. The first-order valence-corrected chi connectivity index (χ1v) is 10.4. The lowest BCUT2D eigenvalue weighted by atomic mass is 9.93. The van der Waals surface area contributed by atoms with Gasteiger partial charge in [0.2, 0.25) is 10.0 Å². The van der Waals surface area contributed by atoms with Crippen LogP contribution in [-0.4, -0.2) is 30.7 Å². The molecule has 1 atom stereocenters. The Labute approximate surface area is 163 Å². The van der Waals surface area contributed by atoms with Gasteiger partial charge < -0.3 is 9.72 Å². The van der Waals surface area contributed by atoms with E-state index >= 15 is 0 Å². The molecule has 27 heavy (non-hydrogen) atoms. The van der Waals surface area contributed by atoms with E-state index in [2.05, 4.69) is 9.71 Å². The van der Waals surface area contributed by atoms with Gasteiger partial charge in [-0.1, -0.05) is 17.7 Å². The number of aromatic nitrogens is 1. The molecule has 0 saturated carbocycles. The van der Waals surface area contributed by atoms with E-state index < -0.39 is 20.7 Å². The lowest BCUT2D eigenvalue weighted by molar-refractivity contribution is 0.0520. The van der Waals surface area contributed by atoms with Crippen LogP contribution < -0.4 is 4.72 Å². The number of hydrogen-bond acceptors (Lipinski definition) is 4. The van der Waals surface area contributed by atoms with Crippen LogP contribution in [0.15, 0.2) is 47.0 Å². The first kappa shape index (κ1) is 19.5. The maximum absolute atomic E-state index is 13.0. The van der Waals surface area contributed by atoms with Crippen molar-refractivity contribution in [1.29, 1.82) is 0 Å². The van der Waals surface area contributed by atoms with E-state index in [-0.39, 0.29) is 6.61 Å². The summed E-state index contributed by atoms with van der Waals surface area (Å²) in [5, 5.41) is 1.14. The molecule has 0 aliphatic heterocycles. The van der Waals surface area contributed by atoms with Gasteiger partial charge in [0, 0.05) is 21.6 Å². The Kier molecular flexibility index (Phi) is 5.10. The molecule has 1 aromatic carbocycles. The van der Waals surface area contributed by atoms with Crippen LogP contribution in [0.2, 0.25) is 0 Å². The molecule has 1 heterocycles. The molecule has 1 aliphatic carbocycles. The number of anilines is 1. The van der Waals surface area contributed by atoms with Crippen LogP contribution >= 0.6 is 11.6 Å². The van der Waals surface area contributed by atoms with Crippen molar-refractivity contribution in [3.05, 3.63) is 52.7 Å². The Morgan fingerprint density at radius 2 is 2.11 bits per heavy atom. The summed E-state index contributed by atoms with van der Waals surface area (Å²) in [5.74, 6) is -0.451. The highest BCUT2D eigenvalue weighted by Crippen LogP contribution is 2.38. The minimum atomic E-state index is -3.75. The van der Waals surface area contributed by atoms with Crippen molar-refractivity contribution >= 4 is 44.2 Å². The van der Waals surface area contributed by atoms with Crippen molar-refractivity contribution in [3.63, 3.8) is 0 Å². The SMILES string of the molecule is CCOC(=O)c1cc2cc(NS(=O)(=O)C3(C)CC=CC(Cl)=C3C)ccc2[nH]1. The molecular weight excluding hydrogens is 388 g/mol. The molecule has 0 radical (unpaired) electrons. The smallest absolute Gasteiger partial charge is 0.354 e. The number of esters is 1. The van der Waals surface area contributed by atoms with E-state index in [9.17, 15) is 13.2 Å². The second-order valence-electron chi connectivity index (χ2n) is 6.62. The minimum absolute atomic E-state index is 0.279.